The van der Waals surface area contributed by atoms with E-state index in [2.05, 4.69) is 0 Å². The van der Waals surface area contributed by atoms with E-state index in [-0.39, 0.29) is 12.2 Å². The lowest BCUT2D eigenvalue weighted by atomic mass is 9.81. The SMILES string of the molecule is NC(=O)c1ccc(OCC2=CCC(c3cc(F)c(F)cc3F)C(N)C2)cc1. The topological polar surface area (TPSA) is 78.3 Å². The average molecular weight is 376 g/mol. The Morgan fingerprint density at radius 1 is 1.07 bits per heavy atom. The highest BCUT2D eigenvalue weighted by Gasteiger charge is 2.28. The molecule has 7 heteroatoms. The van der Waals surface area contributed by atoms with Gasteiger partial charge >= 0.3 is 0 Å². The Kier molecular flexibility index (Phi) is 5.51. The van der Waals surface area contributed by atoms with E-state index < -0.39 is 35.3 Å². The van der Waals surface area contributed by atoms with Crippen molar-refractivity contribution >= 4 is 5.91 Å². The Bertz CT molecular complexity index is 882. The molecule has 0 spiro atoms. The first-order valence-corrected chi connectivity index (χ1v) is 8.45. The van der Waals surface area contributed by atoms with Crippen LogP contribution < -0.4 is 16.2 Å². The fourth-order valence-electron chi connectivity index (χ4n) is 3.19. The lowest BCUT2D eigenvalue weighted by molar-refractivity contribution is 0.1000. The van der Waals surface area contributed by atoms with Crippen LogP contribution in [-0.4, -0.2) is 18.6 Å². The molecule has 2 aromatic carbocycles. The van der Waals surface area contributed by atoms with E-state index in [0.717, 1.165) is 11.6 Å². The highest BCUT2D eigenvalue weighted by Crippen LogP contribution is 2.34. The molecular formula is C20H19F3N2O2. The molecule has 0 saturated heterocycles. The number of rotatable bonds is 5. The number of benzene rings is 2. The maximum Gasteiger partial charge on any atom is 0.248 e. The molecule has 2 atom stereocenters. The fourth-order valence-corrected chi connectivity index (χ4v) is 3.19. The van der Waals surface area contributed by atoms with Gasteiger partial charge in [0, 0.05) is 23.6 Å². The molecule has 1 amide bonds. The molecule has 0 fully saturated rings. The summed E-state index contributed by atoms with van der Waals surface area (Å²) in [5.41, 5.74) is 12.7. The summed E-state index contributed by atoms with van der Waals surface area (Å²) in [5, 5.41) is 0. The second-order valence-corrected chi connectivity index (χ2v) is 6.54. The first kappa shape index (κ1) is 19.0. The van der Waals surface area contributed by atoms with E-state index in [0.29, 0.717) is 30.2 Å². The van der Waals surface area contributed by atoms with Gasteiger partial charge in [0.25, 0.3) is 0 Å². The number of amides is 1. The van der Waals surface area contributed by atoms with Gasteiger partial charge in [0.05, 0.1) is 0 Å². The zero-order valence-corrected chi connectivity index (χ0v) is 14.4. The van der Waals surface area contributed by atoms with Crippen molar-refractivity contribution < 1.29 is 22.7 Å². The third kappa shape index (κ3) is 4.31. The summed E-state index contributed by atoms with van der Waals surface area (Å²) in [5.74, 6) is -3.47. The molecule has 3 rings (SSSR count). The van der Waals surface area contributed by atoms with E-state index >= 15 is 0 Å². The summed E-state index contributed by atoms with van der Waals surface area (Å²) >= 11 is 0. The predicted molar refractivity (Wildman–Crippen MR) is 94.8 cm³/mol. The molecule has 2 unspecified atom stereocenters. The van der Waals surface area contributed by atoms with Crippen LogP contribution in [0.3, 0.4) is 0 Å². The Morgan fingerprint density at radius 3 is 2.37 bits per heavy atom. The van der Waals surface area contributed by atoms with Crippen molar-refractivity contribution in [1.29, 1.82) is 0 Å². The van der Waals surface area contributed by atoms with Crippen molar-refractivity contribution in [3.05, 3.63) is 76.6 Å². The third-order valence-electron chi connectivity index (χ3n) is 4.68. The number of carbonyl (C=O) groups is 1. The lowest BCUT2D eigenvalue weighted by Crippen LogP contribution is -2.33. The summed E-state index contributed by atoms with van der Waals surface area (Å²) in [6.45, 7) is 0.288. The van der Waals surface area contributed by atoms with Gasteiger partial charge in [0.1, 0.15) is 18.2 Å². The van der Waals surface area contributed by atoms with Gasteiger partial charge in [-0.2, -0.15) is 0 Å². The van der Waals surface area contributed by atoms with Crippen LogP contribution >= 0.6 is 0 Å². The zero-order chi connectivity index (χ0) is 19.6. The second-order valence-electron chi connectivity index (χ2n) is 6.54. The van der Waals surface area contributed by atoms with Gasteiger partial charge in [0.15, 0.2) is 11.6 Å². The Morgan fingerprint density at radius 2 is 1.74 bits per heavy atom. The van der Waals surface area contributed by atoms with Gasteiger partial charge in [-0.25, -0.2) is 13.2 Å². The van der Waals surface area contributed by atoms with Crippen molar-refractivity contribution in [3.63, 3.8) is 0 Å². The molecule has 4 nitrogen and oxygen atoms in total. The number of hydrogen-bond acceptors (Lipinski definition) is 3. The smallest absolute Gasteiger partial charge is 0.248 e. The average Bonchev–Trinajstić information content (AvgIpc) is 2.64. The van der Waals surface area contributed by atoms with Crippen LogP contribution in [0.1, 0.15) is 34.7 Å². The molecule has 0 saturated carbocycles. The van der Waals surface area contributed by atoms with Gasteiger partial charge < -0.3 is 16.2 Å². The first-order chi connectivity index (χ1) is 12.8. The highest BCUT2D eigenvalue weighted by atomic mass is 19.2. The standard InChI is InChI=1S/C20H19F3N2O2/c21-16-9-18(23)17(22)8-15(16)14-6-1-11(7-19(14)24)10-27-13-4-2-12(3-5-13)20(25)26/h1-5,8-9,14,19H,6-7,10,24H2,(H2,25,26). The monoisotopic (exact) mass is 376 g/mol. The summed E-state index contributed by atoms with van der Waals surface area (Å²) in [7, 11) is 0. The normalized spacial score (nSPS) is 19.5. The quantitative estimate of drug-likeness (QED) is 0.620. The van der Waals surface area contributed by atoms with Crippen LogP contribution in [0.2, 0.25) is 0 Å². The lowest BCUT2D eigenvalue weighted by Gasteiger charge is -2.29. The molecular weight excluding hydrogens is 357 g/mol. The molecule has 27 heavy (non-hydrogen) atoms. The summed E-state index contributed by atoms with van der Waals surface area (Å²) in [6.07, 6.45) is 2.73. The van der Waals surface area contributed by atoms with Crippen molar-refractivity contribution in [2.45, 2.75) is 24.8 Å². The van der Waals surface area contributed by atoms with Gasteiger partial charge in [0.2, 0.25) is 5.91 Å². The van der Waals surface area contributed by atoms with Gasteiger partial charge in [-0.05, 0) is 54.3 Å². The maximum atomic E-state index is 14.0. The van der Waals surface area contributed by atoms with Crippen LogP contribution in [0.4, 0.5) is 13.2 Å². The molecule has 0 radical (unpaired) electrons. The fraction of sp³-hybridized carbons (Fsp3) is 0.250. The number of carbonyl (C=O) groups excluding carboxylic acids is 1. The first-order valence-electron chi connectivity index (χ1n) is 8.45. The number of hydrogen-bond donors (Lipinski definition) is 2. The molecule has 1 aliphatic carbocycles. The molecule has 0 bridgehead atoms. The summed E-state index contributed by atoms with van der Waals surface area (Å²) in [6, 6.07) is 7.41. The van der Waals surface area contributed by atoms with E-state index in [9.17, 15) is 18.0 Å². The number of allylic oxidation sites excluding steroid dienone is 1. The molecule has 0 aromatic heterocycles. The van der Waals surface area contributed by atoms with Crippen LogP contribution in [0, 0.1) is 17.5 Å². The van der Waals surface area contributed by atoms with Gasteiger partial charge in [-0.1, -0.05) is 6.08 Å². The van der Waals surface area contributed by atoms with E-state index in [4.69, 9.17) is 16.2 Å². The van der Waals surface area contributed by atoms with E-state index in [1.54, 1.807) is 24.3 Å². The second kappa shape index (κ2) is 7.84. The van der Waals surface area contributed by atoms with Crippen LogP contribution in [0.15, 0.2) is 48.0 Å². The molecule has 2 aromatic rings. The Hall–Kier alpha value is -2.80. The van der Waals surface area contributed by atoms with Crippen LogP contribution in [0.5, 0.6) is 5.75 Å². The largest absolute Gasteiger partial charge is 0.489 e. The maximum absolute atomic E-state index is 14.0. The van der Waals surface area contributed by atoms with Gasteiger partial charge in [-0.3, -0.25) is 4.79 Å². The molecule has 142 valence electrons. The van der Waals surface area contributed by atoms with Crippen molar-refractivity contribution in [2.24, 2.45) is 11.5 Å². The summed E-state index contributed by atoms with van der Waals surface area (Å²) < 4.78 is 46.2. The number of halogens is 3. The van der Waals surface area contributed by atoms with Crippen LogP contribution in [-0.2, 0) is 0 Å². The molecule has 1 aliphatic rings. The number of primary amides is 1. The molecule has 0 heterocycles. The van der Waals surface area contributed by atoms with Gasteiger partial charge in [-0.15, -0.1) is 0 Å². The molecule has 4 N–H and O–H groups in total. The molecule has 0 aliphatic heterocycles. The Balaban J connectivity index is 1.65. The van der Waals surface area contributed by atoms with Crippen LogP contribution in [0.25, 0.3) is 0 Å². The minimum atomic E-state index is -1.22. The van der Waals surface area contributed by atoms with E-state index in [1.807, 2.05) is 6.08 Å². The van der Waals surface area contributed by atoms with Crippen molar-refractivity contribution in [2.75, 3.05) is 6.61 Å². The minimum absolute atomic E-state index is 0.0830. The van der Waals surface area contributed by atoms with Crippen molar-refractivity contribution in [1.82, 2.24) is 0 Å². The number of nitrogens with two attached hydrogens (primary N) is 2. The highest BCUT2D eigenvalue weighted by molar-refractivity contribution is 5.92. The van der Waals surface area contributed by atoms with Crippen molar-refractivity contribution in [3.8, 4) is 5.75 Å². The van der Waals surface area contributed by atoms with E-state index in [1.165, 1.54) is 0 Å². The minimum Gasteiger partial charge on any atom is -0.489 e. The summed E-state index contributed by atoms with van der Waals surface area (Å²) in [4.78, 5) is 11.1. The zero-order valence-electron chi connectivity index (χ0n) is 14.4. The third-order valence-corrected chi connectivity index (χ3v) is 4.68. The predicted octanol–water partition coefficient (Wildman–Crippen LogP) is 3.41. The number of ether oxygens (including phenoxy) is 1. The Labute approximate surface area is 154 Å².